The van der Waals surface area contributed by atoms with E-state index < -0.39 is 0 Å². The molecule has 0 radical (unpaired) electrons. The SMILES string of the molecule is CCC1CCCC(CNCC(O)C(C)C)C1. The van der Waals surface area contributed by atoms with E-state index >= 15 is 0 Å². The molecule has 1 fully saturated rings. The van der Waals surface area contributed by atoms with Crippen molar-refractivity contribution in [2.45, 2.75) is 59.0 Å². The van der Waals surface area contributed by atoms with Crippen LogP contribution in [-0.4, -0.2) is 24.3 Å². The van der Waals surface area contributed by atoms with Gasteiger partial charge in [-0.3, -0.25) is 0 Å². The Bertz CT molecular complexity index is 182. The summed E-state index contributed by atoms with van der Waals surface area (Å²) in [6, 6.07) is 0. The Balaban J connectivity index is 2.12. The lowest BCUT2D eigenvalue weighted by Crippen LogP contribution is -2.35. The minimum Gasteiger partial charge on any atom is -0.392 e. The summed E-state index contributed by atoms with van der Waals surface area (Å²) in [4.78, 5) is 0. The van der Waals surface area contributed by atoms with Gasteiger partial charge in [-0.1, -0.05) is 40.0 Å². The van der Waals surface area contributed by atoms with Crippen LogP contribution in [0.3, 0.4) is 0 Å². The number of nitrogens with one attached hydrogen (secondary N) is 1. The minimum atomic E-state index is -0.189. The van der Waals surface area contributed by atoms with Crippen molar-refractivity contribution in [3.63, 3.8) is 0 Å². The van der Waals surface area contributed by atoms with Crippen molar-refractivity contribution in [1.82, 2.24) is 5.32 Å². The highest BCUT2D eigenvalue weighted by Crippen LogP contribution is 2.30. The predicted molar refractivity (Wildman–Crippen MR) is 69.5 cm³/mol. The van der Waals surface area contributed by atoms with Gasteiger partial charge < -0.3 is 10.4 Å². The zero-order valence-electron chi connectivity index (χ0n) is 11.2. The molecule has 1 aliphatic carbocycles. The van der Waals surface area contributed by atoms with Gasteiger partial charge in [0.1, 0.15) is 0 Å². The maximum Gasteiger partial charge on any atom is 0.0687 e. The lowest BCUT2D eigenvalue weighted by Gasteiger charge is -2.29. The first-order valence-corrected chi connectivity index (χ1v) is 7.02. The Kier molecular flexibility index (Phi) is 6.37. The number of rotatable bonds is 6. The van der Waals surface area contributed by atoms with Crippen LogP contribution >= 0.6 is 0 Å². The van der Waals surface area contributed by atoms with E-state index in [0.29, 0.717) is 5.92 Å². The molecule has 0 aromatic rings. The van der Waals surface area contributed by atoms with Gasteiger partial charge in [-0.15, -0.1) is 0 Å². The number of hydrogen-bond acceptors (Lipinski definition) is 2. The molecule has 0 aliphatic heterocycles. The molecule has 2 N–H and O–H groups in total. The molecule has 2 heteroatoms. The largest absolute Gasteiger partial charge is 0.392 e. The molecule has 0 heterocycles. The van der Waals surface area contributed by atoms with E-state index in [1.165, 1.54) is 32.1 Å². The van der Waals surface area contributed by atoms with E-state index in [9.17, 15) is 5.11 Å². The Labute approximate surface area is 101 Å². The number of hydrogen-bond donors (Lipinski definition) is 2. The minimum absolute atomic E-state index is 0.189. The highest BCUT2D eigenvalue weighted by Gasteiger charge is 2.20. The van der Waals surface area contributed by atoms with Gasteiger partial charge in [0.15, 0.2) is 0 Å². The molecule has 0 spiro atoms. The summed E-state index contributed by atoms with van der Waals surface area (Å²) in [5.41, 5.74) is 0. The van der Waals surface area contributed by atoms with Gasteiger partial charge in [-0.25, -0.2) is 0 Å². The zero-order chi connectivity index (χ0) is 12.0. The summed E-state index contributed by atoms with van der Waals surface area (Å²) in [6.07, 6.45) is 6.75. The molecule has 96 valence electrons. The molecular formula is C14H29NO. The van der Waals surface area contributed by atoms with E-state index in [4.69, 9.17) is 0 Å². The Morgan fingerprint density at radius 1 is 1.25 bits per heavy atom. The van der Waals surface area contributed by atoms with E-state index in [2.05, 4.69) is 26.1 Å². The van der Waals surface area contributed by atoms with Crippen LogP contribution in [0.15, 0.2) is 0 Å². The molecule has 0 bridgehead atoms. The van der Waals surface area contributed by atoms with Gasteiger partial charge in [0.2, 0.25) is 0 Å². The first-order valence-electron chi connectivity index (χ1n) is 7.02. The molecule has 1 rings (SSSR count). The van der Waals surface area contributed by atoms with Crippen LogP contribution in [0, 0.1) is 17.8 Å². The smallest absolute Gasteiger partial charge is 0.0687 e. The van der Waals surface area contributed by atoms with E-state index in [1.807, 2.05) is 0 Å². The third-order valence-corrected chi connectivity index (χ3v) is 4.02. The average molecular weight is 227 g/mol. The topological polar surface area (TPSA) is 32.3 Å². The first-order chi connectivity index (χ1) is 7.63. The molecule has 3 atom stereocenters. The van der Waals surface area contributed by atoms with Gasteiger partial charge in [-0.05, 0) is 37.1 Å². The molecule has 0 saturated heterocycles. The average Bonchev–Trinajstić information content (AvgIpc) is 2.29. The van der Waals surface area contributed by atoms with Crippen LogP contribution in [0.1, 0.15) is 52.9 Å². The van der Waals surface area contributed by atoms with Crippen molar-refractivity contribution in [2.75, 3.05) is 13.1 Å². The molecule has 0 amide bonds. The maximum absolute atomic E-state index is 9.69. The van der Waals surface area contributed by atoms with Crippen molar-refractivity contribution in [1.29, 1.82) is 0 Å². The molecule has 0 aromatic carbocycles. The summed E-state index contributed by atoms with van der Waals surface area (Å²) in [5, 5.41) is 13.1. The van der Waals surface area contributed by atoms with Crippen molar-refractivity contribution in [3.8, 4) is 0 Å². The maximum atomic E-state index is 9.69. The number of aliphatic hydroxyl groups excluding tert-OH is 1. The Morgan fingerprint density at radius 2 is 1.94 bits per heavy atom. The quantitative estimate of drug-likeness (QED) is 0.731. The molecule has 0 aromatic heterocycles. The van der Waals surface area contributed by atoms with Crippen LogP contribution in [-0.2, 0) is 0 Å². The van der Waals surface area contributed by atoms with Gasteiger partial charge in [-0.2, -0.15) is 0 Å². The Hall–Kier alpha value is -0.0800. The second-order valence-corrected chi connectivity index (χ2v) is 5.78. The summed E-state index contributed by atoms with van der Waals surface area (Å²) in [7, 11) is 0. The third-order valence-electron chi connectivity index (χ3n) is 4.02. The molecule has 2 nitrogen and oxygen atoms in total. The lowest BCUT2D eigenvalue weighted by molar-refractivity contribution is 0.120. The van der Waals surface area contributed by atoms with E-state index in [0.717, 1.165) is 24.9 Å². The molecule has 1 saturated carbocycles. The van der Waals surface area contributed by atoms with Gasteiger partial charge in [0.05, 0.1) is 6.10 Å². The number of aliphatic hydroxyl groups is 1. The van der Waals surface area contributed by atoms with Gasteiger partial charge in [0, 0.05) is 6.54 Å². The van der Waals surface area contributed by atoms with E-state index in [1.54, 1.807) is 0 Å². The normalized spacial score (nSPS) is 28.3. The van der Waals surface area contributed by atoms with Crippen LogP contribution in [0.25, 0.3) is 0 Å². The summed E-state index contributed by atoms with van der Waals surface area (Å²) in [5.74, 6) is 2.16. The predicted octanol–water partition coefficient (Wildman–Crippen LogP) is 2.81. The fraction of sp³-hybridized carbons (Fsp3) is 1.00. The monoisotopic (exact) mass is 227 g/mol. The molecule has 3 unspecified atom stereocenters. The second kappa shape index (κ2) is 7.29. The lowest BCUT2D eigenvalue weighted by atomic mass is 9.80. The van der Waals surface area contributed by atoms with Crippen LogP contribution in [0.5, 0.6) is 0 Å². The van der Waals surface area contributed by atoms with Gasteiger partial charge in [0.25, 0.3) is 0 Å². The van der Waals surface area contributed by atoms with Gasteiger partial charge >= 0.3 is 0 Å². The highest BCUT2D eigenvalue weighted by atomic mass is 16.3. The van der Waals surface area contributed by atoms with Crippen molar-refractivity contribution < 1.29 is 5.11 Å². The molecule has 1 aliphatic rings. The Morgan fingerprint density at radius 3 is 2.56 bits per heavy atom. The first kappa shape index (κ1) is 14.0. The standard InChI is InChI=1S/C14H29NO/c1-4-12-6-5-7-13(8-12)9-15-10-14(16)11(2)3/h11-16H,4-10H2,1-3H3. The summed E-state index contributed by atoms with van der Waals surface area (Å²) >= 11 is 0. The summed E-state index contributed by atoms with van der Waals surface area (Å²) < 4.78 is 0. The van der Waals surface area contributed by atoms with Crippen molar-refractivity contribution in [2.24, 2.45) is 17.8 Å². The van der Waals surface area contributed by atoms with E-state index in [-0.39, 0.29) is 6.10 Å². The second-order valence-electron chi connectivity index (χ2n) is 5.78. The van der Waals surface area contributed by atoms with Crippen LogP contribution in [0.4, 0.5) is 0 Å². The summed E-state index contributed by atoms with van der Waals surface area (Å²) in [6.45, 7) is 8.30. The van der Waals surface area contributed by atoms with Crippen molar-refractivity contribution >= 4 is 0 Å². The third kappa shape index (κ3) is 4.84. The molecule has 16 heavy (non-hydrogen) atoms. The zero-order valence-corrected chi connectivity index (χ0v) is 11.2. The van der Waals surface area contributed by atoms with Crippen molar-refractivity contribution in [3.05, 3.63) is 0 Å². The fourth-order valence-corrected chi connectivity index (χ4v) is 2.63. The molecular weight excluding hydrogens is 198 g/mol. The van der Waals surface area contributed by atoms with Crippen LogP contribution < -0.4 is 5.32 Å². The fourth-order valence-electron chi connectivity index (χ4n) is 2.63. The van der Waals surface area contributed by atoms with Crippen LogP contribution in [0.2, 0.25) is 0 Å². The highest BCUT2D eigenvalue weighted by molar-refractivity contribution is 4.74.